The van der Waals surface area contributed by atoms with Gasteiger partial charge in [0.15, 0.2) is 0 Å². The number of rotatable bonds is 6. The van der Waals surface area contributed by atoms with E-state index in [4.69, 9.17) is 10.5 Å². The van der Waals surface area contributed by atoms with Gasteiger partial charge in [0.2, 0.25) is 5.91 Å². The summed E-state index contributed by atoms with van der Waals surface area (Å²) in [5.41, 5.74) is 8.28. The van der Waals surface area contributed by atoms with Crippen LogP contribution in [0.15, 0.2) is 24.3 Å². The van der Waals surface area contributed by atoms with Crippen LogP contribution in [0.3, 0.4) is 0 Å². The number of benzene rings is 1. The summed E-state index contributed by atoms with van der Waals surface area (Å²) in [6.07, 6.45) is 0. The van der Waals surface area contributed by atoms with Crippen LogP contribution in [0.25, 0.3) is 0 Å². The van der Waals surface area contributed by atoms with Crippen molar-refractivity contribution in [3.05, 3.63) is 35.4 Å². The van der Waals surface area contributed by atoms with Gasteiger partial charge in [-0.05, 0) is 17.0 Å². The molecule has 1 aliphatic rings. The standard InChI is InChI=1S/C17H27N3O2/c1-13(2)16(18)17(21)19-11-14-5-3-4-6-15(14)12-20-7-9-22-10-8-20/h3-6,13,16H,7-12,18H2,1-2H3,(H,19,21)/t16-/m1/s1. The molecule has 1 aliphatic heterocycles. The number of amides is 1. The van der Waals surface area contributed by atoms with Gasteiger partial charge in [0.1, 0.15) is 0 Å². The fourth-order valence-corrected chi connectivity index (χ4v) is 2.49. The first-order chi connectivity index (χ1) is 10.6. The van der Waals surface area contributed by atoms with Gasteiger partial charge in [-0.25, -0.2) is 0 Å². The van der Waals surface area contributed by atoms with Gasteiger partial charge in [0.05, 0.1) is 19.3 Å². The molecule has 0 saturated carbocycles. The summed E-state index contributed by atoms with van der Waals surface area (Å²) in [7, 11) is 0. The van der Waals surface area contributed by atoms with E-state index in [9.17, 15) is 4.79 Å². The van der Waals surface area contributed by atoms with Crippen molar-refractivity contribution in [3.8, 4) is 0 Å². The van der Waals surface area contributed by atoms with Gasteiger partial charge in [-0.3, -0.25) is 9.69 Å². The molecule has 1 amide bonds. The molecule has 5 heteroatoms. The van der Waals surface area contributed by atoms with E-state index in [1.807, 2.05) is 26.0 Å². The Morgan fingerprint density at radius 1 is 1.27 bits per heavy atom. The summed E-state index contributed by atoms with van der Waals surface area (Å²) >= 11 is 0. The predicted molar refractivity (Wildman–Crippen MR) is 87.2 cm³/mol. The highest BCUT2D eigenvalue weighted by Gasteiger charge is 2.17. The third-order valence-electron chi connectivity index (χ3n) is 4.09. The minimum absolute atomic E-state index is 0.0869. The average Bonchev–Trinajstić information content (AvgIpc) is 2.54. The fourth-order valence-electron chi connectivity index (χ4n) is 2.49. The zero-order valence-corrected chi connectivity index (χ0v) is 13.5. The molecule has 1 heterocycles. The van der Waals surface area contributed by atoms with Gasteiger partial charge in [-0.15, -0.1) is 0 Å². The monoisotopic (exact) mass is 305 g/mol. The lowest BCUT2D eigenvalue weighted by atomic mass is 10.0. The van der Waals surface area contributed by atoms with Crippen molar-refractivity contribution in [2.24, 2.45) is 11.7 Å². The first-order valence-corrected chi connectivity index (χ1v) is 7.98. The Bertz CT molecular complexity index is 485. The molecule has 0 spiro atoms. The maximum absolute atomic E-state index is 12.0. The number of hydrogen-bond acceptors (Lipinski definition) is 4. The molecular weight excluding hydrogens is 278 g/mol. The molecule has 122 valence electrons. The van der Waals surface area contributed by atoms with E-state index in [2.05, 4.69) is 22.3 Å². The largest absolute Gasteiger partial charge is 0.379 e. The molecule has 1 atom stereocenters. The number of nitrogens with one attached hydrogen (secondary N) is 1. The first kappa shape index (κ1) is 16.9. The normalized spacial score (nSPS) is 17.5. The van der Waals surface area contributed by atoms with Crippen LogP contribution in [0.5, 0.6) is 0 Å². The number of nitrogens with zero attached hydrogens (tertiary/aromatic N) is 1. The Labute approximate surface area is 132 Å². The van der Waals surface area contributed by atoms with E-state index in [1.54, 1.807) is 0 Å². The lowest BCUT2D eigenvalue weighted by Gasteiger charge is -2.27. The zero-order chi connectivity index (χ0) is 15.9. The molecule has 0 aromatic heterocycles. The average molecular weight is 305 g/mol. The molecule has 3 N–H and O–H groups in total. The molecule has 0 unspecified atom stereocenters. The van der Waals surface area contributed by atoms with Gasteiger partial charge >= 0.3 is 0 Å². The number of hydrogen-bond donors (Lipinski definition) is 2. The van der Waals surface area contributed by atoms with Crippen LogP contribution in [-0.2, 0) is 22.6 Å². The molecular formula is C17H27N3O2. The summed E-state index contributed by atoms with van der Waals surface area (Å²) in [4.78, 5) is 14.4. The van der Waals surface area contributed by atoms with Gasteiger partial charge in [0, 0.05) is 26.2 Å². The van der Waals surface area contributed by atoms with Gasteiger partial charge < -0.3 is 15.8 Å². The fraction of sp³-hybridized carbons (Fsp3) is 0.588. The minimum Gasteiger partial charge on any atom is -0.379 e. The van der Waals surface area contributed by atoms with E-state index in [-0.39, 0.29) is 11.8 Å². The van der Waals surface area contributed by atoms with Gasteiger partial charge in [-0.1, -0.05) is 38.1 Å². The Hall–Kier alpha value is -1.43. The zero-order valence-electron chi connectivity index (χ0n) is 13.5. The summed E-state index contributed by atoms with van der Waals surface area (Å²) in [5.74, 6) is 0.0553. The molecule has 2 rings (SSSR count). The number of ether oxygens (including phenoxy) is 1. The van der Waals surface area contributed by atoms with Crippen molar-refractivity contribution in [1.82, 2.24) is 10.2 Å². The topological polar surface area (TPSA) is 67.6 Å². The molecule has 22 heavy (non-hydrogen) atoms. The maximum atomic E-state index is 12.0. The second kappa shape index (κ2) is 8.27. The molecule has 1 aromatic carbocycles. The highest BCUT2D eigenvalue weighted by Crippen LogP contribution is 2.13. The molecule has 0 radical (unpaired) electrons. The SMILES string of the molecule is CC(C)[C@@H](N)C(=O)NCc1ccccc1CN1CCOCC1. The third-order valence-corrected chi connectivity index (χ3v) is 4.09. The number of carbonyl (C=O) groups excluding carboxylic acids is 1. The Morgan fingerprint density at radius 3 is 2.55 bits per heavy atom. The van der Waals surface area contributed by atoms with E-state index in [0.29, 0.717) is 6.54 Å². The first-order valence-electron chi connectivity index (χ1n) is 7.98. The second-order valence-corrected chi connectivity index (χ2v) is 6.14. The third kappa shape index (κ3) is 4.80. The molecule has 1 aromatic rings. The quantitative estimate of drug-likeness (QED) is 0.826. The van der Waals surface area contributed by atoms with E-state index in [1.165, 1.54) is 5.56 Å². The van der Waals surface area contributed by atoms with E-state index < -0.39 is 6.04 Å². The highest BCUT2D eigenvalue weighted by molar-refractivity contribution is 5.81. The van der Waals surface area contributed by atoms with Crippen LogP contribution < -0.4 is 11.1 Å². The lowest BCUT2D eigenvalue weighted by molar-refractivity contribution is -0.123. The number of nitrogens with two attached hydrogens (primary N) is 1. The Balaban J connectivity index is 1.94. The van der Waals surface area contributed by atoms with E-state index >= 15 is 0 Å². The minimum atomic E-state index is -0.452. The molecule has 1 fully saturated rings. The maximum Gasteiger partial charge on any atom is 0.237 e. The molecule has 0 aliphatic carbocycles. The molecule has 0 bridgehead atoms. The van der Waals surface area contributed by atoms with Crippen LogP contribution in [-0.4, -0.2) is 43.2 Å². The molecule has 5 nitrogen and oxygen atoms in total. The van der Waals surface area contributed by atoms with Crippen LogP contribution in [0.4, 0.5) is 0 Å². The Kier molecular flexibility index (Phi) is 6.36. The second-order valence-electron chi connectivity index (χ2n) is 6.14. The summed E-state index contributed by atoms with van der Waals surface area (Å²) in [6.45, 7) is 8.83. The van der Waals surface area contributed by atoms with Crippen molar-refractivity contribution >= 4 is 5.91 Å². The summed E-state index contributed by atoms with van der Waals surface area (Å²) < 4.78 is 5.38. The lowest BCUT2D eigenvalue weighted by Crippen LogP contribution is -2.43. The van der Waals surface area contributed by atoms with Crippen LogP contribution >= 0.6 is 0 Å². The number of morpholine rings is 1. The van der Waals surface area contributed by atoms with Gasteiger partial charge in [-0.2, -0.15) is 0 Å². The van der Waals surface area contributed by atoms with E-state index in [0.717, 1.165) is 38.4 Å². The number of carbonyl (C=O) groups is 1. The van der Waals surface area contributed by atoms with Crippen molar-refractivity contribution < 1.29 is 9.53 Å². The van der Waals surface area contributed by atoms with Crippen LogP contribution in [0, 0.1) is 5.92 Å². The Morgan fingerprint density at radius 2 is 1.91 bits per heavy atom. The summed E-state index contributed by atoms with van der Waals surface area (Å²) in [5, 5.41) is 2.95. The molecule has 1 saturated heterocycles. The van der Waals surface area contributed by atoms with Crippen molar-refractivity contribution in [3.63, 3.8) is 0 Å². The van der Waals surface area contributed by atoms with Crippen LogP contribution in [0.1, 0.15) is 25.0 Å². The summed E-state index contributed by atoms with van der Waals surface area (Å²) in [6, 6.07) is 7.79. The van der Waals surface area contributed by atoms with Crippen molar-refractivity contribution in [1.29, 1.82) is 0 Å². The predicted octanol–water partition coefficient (Wildman–Crippen LogP) is 1.12. The van der Waals surface area contributed by atoms with Crippen LogP contribution in [0.2, 0.25) is 0 Å². The van der Waals surface area contributed by atoms with Gasteiger partial charge in [0.25, 0.3) is 0 Å². The van der Waals surface area contributed by atoms with Crippen molar-refractivity contribution in [2.75, 3.05) is 26.3 Å². The highest BCUT2D eigenvalue weighted by atomic mass is 16.5. The van der Waals surface area contributed by atoms with Crippen molar-refractivity contribution in [2.45, 2.75) is 33.0 Å². The smallest absolute Gasteiger partial charge is 0.237 e.